The number of non-ortho nitro benzene ring substituents is 1. The number of amides is 1. The molecule has 0 unspecified atom stereocenters. The molecule has 90 valence electrons. The number of ether oxygens (including phenoxy) is 1. The van der Waals surface area contributed by atoms with E-state index >= 15 is 0 Å². The number of hydrogen-bond acceptors (Lipinski definition) is 4. The highest BCUT2D eigenvalue weighted by molar-refractivity contribution is 5.70. The fourth-order valence-corrected chi connectivity index (χ4v) is 1.06. The molecular formula is C11H12N2O4. The van der Waals surface area contributed by atoms with Gasteiger partial charge in [-0.15, -0.1) is 6.58 Å². The van der Waals surface area contributed by atoms with Crippen molar-refractivity contribution in [1.82, 2.24) is 5.32 Å². The second kappa shape index (κ2) is 6.26. The van der Waals surface area contributed by atoms with Gasteiger partial charge in [0.05, 0.1) is 4.92 Å². The Balaban J connectivity index is 2.48. The molecule has 0 atom stereocenters. The van der Waals surface area contributed by atoms with Crippen LogP contribution in [0.5, 0.6) is 5.75 Å². The van der Waals surface area contributed by atoms with Crippen LogP contribution in [0.15, 0.2) is 36.9 Å². The second-order valence-corrected chi connectivity index (χ2v) is 3.14. The van der Waals surface area contributed by atoms with Crippen molar-refractivity contribution in [3.05, 3.63) is 47.0 Å². The average Bonchev–Trinajstić information content (AvgIpc) is 2.30. The number of nitro groups is 1. The molecular weight excluding hydrogens is 224 g/mol. The van der Waals surface area contributed by atoms with E-state index in [1.54, 1.807) is 6.08 Å². The van der Waals surface area contributed by atoms with Gasteiger partial charge in [-0.2, -0.15) is 0 Å². The third-order valence-corrected chi connectivity index (χ3v) is 1.88. The third kappa shape index (κ3) is 4.33. The van der Waals surface area contributed by atoms with Gasteiger partial charge in [-0.1, -0.05) is 6.08 Å². The smallest absolute Gasteiger partial charge is 0.410 e. The summed E-state index contributed by atoms with van der Waals surface area (Å²) in [5.74, 6) is 0.256. The van der Waals surface area contributed by atoms with Gasteiger partial charge >= 0.3 is 6.09 Å². The van der Waals surface area contributed by atoms with E-state index in [0.717, 1.165) is 0 Å². The summed E-state index contributed by atoms with van der Waals surface area (Å²) in [4.78, 5) is 21.1. The number of carbonyl (C=O) groups excluding carboxylic acids is 1. The van der Waals surface area contributed by atoms with Gasteiger partial charge < -0.3 is 10.1 Å². The molecule has 1 N–H and O–H groups in total. The first-order valence-electron chi connectivity index (χ1n) is 4.94. The first-order chi connectivity index (χ1) is 8.13. The summed E-state index contributed by atoms with van der Waals surface area (Å²) < 4.78 is 4.89. The maximum Gasteiger partial charge on any atom is 0.412 e. The van der Waals surface area contributed by atoms with Gasteiger partial charge in [-0.05, 0) is 18.6 Å². The first kappa shape index (κ1) is 12.7. The first-order valence-corrected chi connectivity index (χ1v) is 4.94. The molecule has 0 saturated heterocycles. The summed E-state index contributed by atoms with van der Waals surface area (Å²) in [5.41, 5.74) is -0.0515. The van der Waals surface area contributed by atoms with Crippen LogP contribution in [0.4, 0.5) is 10.5 Å². The Bertz CT molecular complexity index is 414. The lowest BCUT2D eigenvalue weighted by molar-refractivity contribution is -0.384. The van der Waals surface area contributed by atoms with Crippen LogP contribution in [-0.2, 0) is 0 Å². The van der Waals surface area contributed by atoms with Crippen LogP contribution in [0, 0.1) is 10.1 Å². The van der Waals surface area contributed by atoms with Gasteiger partial charge in [0.2, 0.25) is 0 Å². The normalized spacial score (nSPS) is 9.41. The number of nitrogens with zero attached hydrogens (tertiary/aromatic N) is 1. The largest absolute Gasteiger partial charge is 0.412 e. The zero-order chi connectivity index (χ0) is 12.7. The van der Waals surface area contributed by atoms with Crippen molar-refractivity contribution in [2.45, 2.75) is 6.42 Å². The Morgan fingerprint density at radius 2 is 2.12 bits per heavy atom. The molecule has 0 heterocycles. The molecule has 0 aliphatic carbocycles. The fourth-order valence-electron chi connectivity index (χ4n) is 1.06. The van der Waals surface area contributed by atoms with Gasteiger partial charge in [0.25, 0.3) is 5.69 Å². The molecule has 1 amide bonds. The minimum absolute atomic E-state index is 0.0515. The van der Waals surface area contributed by atoms with Crippen LogP contribution < -0.4 is 10.1 Å². The van der Waals surface area contributed by atoms with E-state index in [1.807, 2.05) is 0 Å². The molecule has 0 aliphatic heterocycles. The second-order valence-electron chi connectivity index (χ2n) is 3.14. The van der Waals surface area contributed by atoms with Crippen LogP contribution in [0.25, 0.3) is 0 Å². The SMILES string of the molecule is C=CCCNC(=O)Oc1ccc([N+](=O)[O-])cc1. The van der Waals surface area contributed by atoms with Crippen LogP contribution >= 0.6 is 0 Å². The summed E-state index contributed by atoms with van der Waals surface area (Å²) >= 11 is 0. The lowest BCUT2D eigenvalue weighted by Crippen LogP contribution is -2.27. The standard InChI is InChI=1S/C11H12N2O4/c1-2-3-8-12-11(14)17-10-6-4-9(5-7-10)13(15)16/h2,4-7H,1,3,8H2,(H,12,14). The number of benzene rings is 1. The van der Waals surface area contributed by atoms with E-state index in [4.69, 9.17) is 4.74 Å². The van der Waals surface area contributed by atoms with Crippen molar-refractivity contribution in [2.24, 2.45) is 0 Å². The molecule has 1 aromatic carbocycles. The zero-order valence-corrected chi connectivity index (χ0v) is 9.09. The van der Waals surface area contributed by atoms with E-state index in [0.29, 0.717) is 13.0 Å². The number of carbonyl (C=O) groups is 1. The van der Waals surface area contributed by atoms with Crippen LogP contribution in [-0.4, -0.2) is 17.6 Å². The summed E-state index contributed by atoms with van der Waals surface area (Å²) in [6.45, 7) is 3.95. The lowest BCUT2D eigenvalue weighted by atomic mass is 10.3. The third-order valence-electron chi connectivity index (χ3n) is 1.88. The number of nitro benzene ring substituents is 1. The monoisotopic (exact) mass is 236 g/mol. The maximum absolute atomic E-state index is 11.2. The van der Waals surface area contributed by atoms with Crippen molar-refractivity contribution >= 4 is 11.8 Å². The highest BCUT2D eigenvalue weighted by Gasteiger charge is 2.07. The van der Waals surface area contributed by atoms with Crippen molar-refractivity contribution in [3.63, 3.8) is 0 Å². The van der Waals surface area contributed by atoms with Crippen molar-refractivity contribution in [3.8, 4) is 5.75 Å². The molecule has 0 aromatic heterocycles. The van der Waals surface area contributed by atoms with E-state index in [2.05, 4.69) is 11.9 Å². The van der Waals surface area contributed by atoms with Gasteiger partial charge in [-0.3, -0.25) is 10.1 Å². The maximum atomic E-state index is 11.2. The molecule has 0 saturated carbocycles. The minimum atomic E-state index is -0.597. The number of rotatable bonds is 5. The number of nitrogens with one attached hydrogen (secondary N) is 1. The van der Waals surface area contributed by atoms with Gasteiger partial charge in [0.15, 0.2) is 0 Å². The summed E-state index contributed by atoms with van der Waals surface area (Å²) in [6, 6.07) is 5.27. The Hall–Kier alpha value is -2.37. The zero-order valence-electron chi connectivity index (χ0n) is 9.09. The molecule has 0 spiro atoms. The highest BCUT2D eigenvalue weighted by atomic mass is 16.6. The van der Waals surface area contributed by atoms with Crippen LogP contribution in [0.2, 0.25) is 0 Å². The molecule has 0 bridgehead atoms. The predicted molar refractivity (Wildman–Crippen MR) is 61.9 cm³/mol. The average molecular weight is 236 g/mol. The Labute approximate surface area is 98.0 Å². The Kier molecular flexibility index (Phi) is 4.68. The molecule has 17 heavy (non-hydrogen) atoms. The fraction of sp³-hybridized carbons (Fsp3) is 0.182. The predicted octanol–water partition coefficient (Wildman–Crippen LogP) is 2.26. The molecule has 0 radical (unpaired) electrons. The van der Waals surface area contributed by atoms with E-state index < -0.39 is 11.0 Å². The quantitative estimate of drug-likeness (QED) is 0.368. The van der Waals surface area contributed by atoms with Crippen molar-refractivity contribution in [2.75, 3.05) is 6.54 Å². The van der Waals surface area contributed by atoms with E-state index in [9.17, 15) is 14.9 Å². The van der Waals surface area contributed by atoms with Gasteiger partial charge in [0, 0.05) is 18.7 Å². The van der Waals surface area contributed by atoms with Crippen LogP contribution in [0.3, 0.4) is 0 Å². The molecule has 6 nitrogen and oxygen atoms in total. The minimum Gasteiger partial charge on any atom is -0.410 e. The summed E-state index contributed by atoms with van der Waals surface area (Å²) in [7, 11) is 0. The summed E-state index contributed by atoms with van der Waals surface area (Å²) in [6.07, 6.45) is 1.72. The molecule has 0 aliphatic rings. The topological polar surface area (TPSA) is 81.5 Å². The van der Waals surface area contributed by atoms with Gasteiger partial charge in [-0.25, -0.2) is 4.79 Å². The number of hydrogen-bond donors (Lipinski definition) is 1. The lowest BCUT2D eigenvalue weighted by Gasteiger charge is -2.04. The van der Waals surface area contributed by atoms with Crippen molar-refractivity contribution in [1.29, 1.82) is 0 Å². The van der Waals surface area contributed by atoms with Crippen molar-refractivity contribution < 1.29 is 14.5 Å². The Morgan fingerprint density at radius 3 is 2.65 bits per heavy atom. The molecule has 1 rings (SSSR count). The molecule has 1 aromatic rings. The van der Waals surface area contributed by atoms with Gasteiger partial charge in [0.1, 0.15) is 5.75 Å². The van der Waals surface area contributed by atoms with E-state index in [1.165, 1.54) is 24.3 Å². The summed E-state index contributed by atoms with van der Waals surface area (Å²) in [5, 5.41) is 12.9. The molecule has 6 heteroatoms. The highest BCUT2D eigenvalue weighted by Crippen LogP contribution is 2.17. The Morgan fingerprint density at radius 1 is 1.47 bits per heavy atom. The molecule has 0 fully saturated rings. The van der Waals surface area contributed by atoms with E-state index in [-0.39, 0.29) is 11.4 Å². The van der Waals surface area contributed by atoms with Crippen LogP contribution in [0.1, 0.15) is 6.42 Å².